The number of halogens is 4. The Hall–Kier alpha value is -2.23. The van der Waals surface area contributed by atoms with Gasteiger partial charge >= 0.3 is 12.5 Å². The van der Waals surface area contributed by atoms with Crippen LogP contribution in [0.5, 0.6) is 5.75 Å². The normalized spacial score (nSPS) is 18.0. The fourth-order valence-electron chi connectivity index (χ4n) is 3.08. The van der Waals surface area contributed by atoms with Crippen molar-refractivity contribution in [2.45, 2.75) is 57.0 Å². The first-order valence-corrected chi connectivity index (χ1v) is 10.9. The van der Waals surface area contributed by atoms with Crippen LogP contribution in [0.15, 0.2) is 45.6 Å². The molecule has 1 aromatic carbocycles. The molecule has 0 amide bonds. The van der Waals surface area contributed by atoms with Gasteiger partial charge in [0.15, 0.2) is 5.78 Å². The summed E-state index contributed by atoms with van der Waals surface area (Å²) < 4.78 is 54.2. The van der Waals surface area contributed by atoms with Crippen molar-refractivity contribution in [3.05, 3.63) is 35.6 Å². The SMILES string of the molecule is CCON=C(CC)C1=C(O)CC(CCSc2ccc(OC(F)(F)C(F)F)cc2)CC1=O. The molecule has 0 radical (unpaired) electrons. The quantitative estimate of drug-likeness (QED) is 0.189. The summed E-state index contributed by atoms with van der Waals surface area (Å²) in [7, 11) is 0. The van der Waals surface area contributed by atoms with E-state index in [0.29, 0.717) is 43.8 Å². The average molecular weight is 463 g/mol. The van der Waals surface area contributed by atoms with E-state index in [1.165, 1.54) is 36.0 Å². The summed E-state index contributed by atoms with van der Waals surface area (Å²) in [5.41, 5.74) is 0.688. The highest BCUT2D eigenvalue weighted by molar-refractivity contribution is 7.99. The van der Waals surface area contributed by atoms with Crippen molar-refractivity contribution in [1.29, 1.82) is 0 Å². The fourth-order valence-corrected chi connectivity index (χ4v) is 4.10. The molecule has 1 aliphatic carbocycles. The fraction of sp³-hybridized carbons (Fsp3) is 0.524. The van der Waals surface area contributed by atoms with Crippen LogP contribution in [0.4, 0.5) is 17.6 Å². The minimum atomic E-state index is -4.54. The molecular formula is C21H25F4NO4S. The molecule has 5 nitrogen and oxygen atoms in total. The Morgan fingerprint density at radius 2 is 1.94 bits per heavy atom. The third kappa shape index (κ3) is 7.15. The summed E-state index contributed by atoms with van der Waals surface area (Å²) in [6, 6.07) is 5.41. The summed E-state index contributed by atoms with van der Waals surface area (Å²) in [6.07, 6.45) is -6.68. The molecule has 1 unspecified atom stereocenters. The second-order valence-electron chi connectivity index (χ2n) is 6.90. The van der Waals surface area contributed by atoms with Crippen molar-refractivity contribution < 1.29 is 37.0 Å². The van der Waals surface area contributed by atoms with E-state index in [4.69, 9.17) is 4.84 Å². The molecule has 0 aromatic heterocycles. The van der Waals surface area contributed by atoms with Crippen LogP contribution in [0.1, 0.15) is 39.5 Å². The van der Waals surface area contributed by atoms with Gasteiger partial charge in [-0.2, -0.15) is 17.6 Å². The lowest BCUT2D eigenvalue weighted by Gasteiger charge is -2.23. The molecule has 1 aliphatic rings. The van der Waals surface area contributed by atoms with Gasteiger partial charge in [-0.3, -0.25) is 4.79 Å². The Balaban J connectivity index is 1.89. The summed E-state index contributed by atoms with van der Waals surface area (Å²) in [5.74, 6) is 0.104. The number of carbonyl (C=O) groups excluding carboxylic acids is 1. The number of hydrogen-bond donors (Lipinski definition) is 1. The Kier molecular flexibility index (Phi) is 9.21. The maximum Gasteiger partial charge on any atom is 0.461 e. The topological polar surface area (TPSA) is 68.1 Å². The number of ketones is 1. The number of Topliss-reactive ketones (excluding diaryl/α,β-unsaturated/α-hetero) is 1. The lowest BCUT2D eigenvalue weighted by molar-refractivity contribution is -0.253. The smallest absolute Gasteiger partial charge is 0.461 e. The van der Waals surface area contributed by atoms with E-state index in [-0.39, 0.29) is 28.8 Å². The second-order valence-corrected chi connectivity index (χ2v) is 8.07. The molecule has 0 spiro atoms. The number of thioether (sulfide) groups is 1. The van der Waals surface area contributed by atoms with Crippen LogP contribution in [-0.2, 0) is 9.63 Å². The Labute approximate surface area is 182 Å². The molecule has 0 saturated carbocycles. The molecule has 10 heteroatoms. The van der Waals surface area contributed by atoms with Gasteiger partial charge in [0.1, 0.15) is 18.1 Å². The van der Waals surface area contributed by atoms with E-state index in [0.717, 1.165) is 4.90 Å². The highest BCUT2D eigenvalue weighted by Crippen LogP contribution is 2.33. The lowest BCUT2D eigenvalue weighted by atomic mass is 9.83. The van der Waals surface area contributed by atoms with Crippen molar-refractivity contribution in [2.75, 3.05) is 12.4 Å². The molecule has 31 heavy (non-hydrogen) atoms. The number of rotatable bonds is 11. The van der Waals surface area contributed by atoms with E-state index in [1.807, 2.05) is 6.92 Å². The monoisotopic (exact) mass is 463 g/mol. The molecule has 0 fully saturated rings. The molecule has 0 bridgehead atoms. The highest BCUT2D eigenvalue weighted by Gasteiger charge is 2.43. The van der Waals surface area contributed by atoms with Crippen LogP contribution < -0.4 is 4.74 Å². The predicted molar refractivity (Wildman–Crippen MR) is 110 cm³/mol. The van der Waals surface area contributed by atoms with Crippen molar-refractivity contribution in [1.82, 2.24) is 0 Å². The van der Waals surface area contributed by atoms with Gasteiger partial charge in [0.2, 0.25) is 0 Å². The van der Waals surface area contributed by atoms with Crippen molar-refractivity contribution >= 4 is 23.3 Å². The maximum atomic E-state index is 12.9. The lowest BCUT2D eigenvalue weighted by Crippen LogP contribution is -2.33. The molecule has 0 saturated heterocycles. The number of oxime groups is 1. The van der Waals surface area contributed by atoms with Gasteiger partial charge < -0.3 is 14.7 Å². The molecule has 1 atom stereocenters. The van der Waals surface area contributed by atoms with Crippen LogP contribution in [0, 0.1) is 5.92 Å². The number of benzene rings is 1. The highest BCUT2D eigenvalue weighted by atomic mass is 32.2. The van der Waals surface area contributed by atoms with Gasteiger partial charge in [0.05, 0.1) is 11.3 Å². The van der Waals surface area contributed by atoms with E-state index >= 15 is 0 Å². The number of allylic oxidation sites excluding steroid dienone is 2. The standard InChI is InChI=1S/C21H25F4NO4S/c1-3-16(26-29-4-2)19-17(27)11-13(12-18(19)28)9-10-31-15-7-5-14(6-8-15)30-21(24,25)20(22)23/h5-8,13,20,27H,3-4,9-12H2,1-2H3. The van der Waals surface area contributed by atoms with E-state index in [2.05, 4.69) is 9.89 Å². The molecule has 0 aliphatic heterocycles. The first kappa shape index (κ1) is 25.0. The van der Waals surface area contributed by atoms with Gasteiger partial charge in [-0.25, -0.2) is 0 Å². The number of hydrogen-bond acceptors (Lipinski definition) is 6. The van der Waals surface area contributed by atoms with Crippen LogP contribution in [-0.4, -0.2) is 41.5 Å². The number of aliphatic hydroxyl groups is 1. The summed E-state index contributed by atoms with van der Waals surface area (Å²) >= 11 is 1.43. The minimum absolute atomic E-state index is 0.0213. The van der Waals surface area contributed by atoms with Gasteiger partial charge in [-0.05, 0) is 55.7 Å². The van der Waals surface area contributed by atoms with E-state index < -0.39 is 12.5 Å². The number of nitrogens with zero attached hydrogens (tertiary/aromatic N) is 1. The van der Waals surface area contributed by atoms with Gasteiger partial charge in [-0.1, -0.05) is 12.1 Å². The Morgan fingerprint density at radius 1 is 1.26 bits per heavy atom. The molecular weight excluding hydrogens is 438 g/mol. The van der Waals surface area contributed by atoms with Crippen molar-refractivity contribution in [3.8, 4) is 5.75 Å². The summed E-state index contributed by atoms with van der Waals surface area (Å²) in [5, 5.41) is 14.3. The largest absolute Gasteiger partial charge is 0.511 e. The minimum Gasteiger partial charge on any atom is -0.511 e. The average Bonchev–Trinajstić information content (AvgIpc) is 2.71. The van der Waals surface area contributed by atoms with E-state index in [1.54, 1.807) is 6.92 Å². The number of aliphatic hydroxyl groups excluding tert-OH is 1. The third-order valence-corrected chi connectivity index (χ3v) is 5.62. The van der Waals surface area contributed by atoms with E-state index in [9.17, 15) is 27.5 Å². The van der Waals surface area contributed by atoms with Crippen molar-refractivity contribution in [3.63, 3.8) is 0 Å². The molecule has 1 N–H and O–H groups in total. The summed E-state index contributed by atoms with van der Waals surface area (Å²) in [6.45, 7) is 3.98. The van der Waals surface area contributed by atoms with Crippen LogP contribution >= 0.6 is 11.8 Å². The van der Waals surface area contributed by atoms with Crippen LogP contribution in [0.3, 0.4) is 0 Å². The third-order valence-electron chi connectivity index (χ3n) is 4.58. The molecule has 2 rings (SSSR count). The zero-order valence-corrected chi connectivity index (χ0v) is 18.1. The van der Waals surface area contributed by atoms with Crippen LogP contribution in [0.25, 0.3) is 0 Å². The maximum absolute atomic E-state index is 12.9. The van der Waals surface area contributed by atoms with Crippen LogP contribution in [0.2, 0.25) is 0 Å². The second kappa shape index (κ2) is 11.4. The molecule has 172 valence electrons. The van der Waals surface area contributed by atoms with Gasteiger partial charge in [0, 0.05) is 17.7 Å². The van der Waals surface area contributed by atoms with Gasteiger partial charge in [0.25, 0.3) is 0 Å². The molecule has 0 heterocycles. The number of carbonyl (C=O) groups is 1. The zero-order valence-electron chi connectivity index (χ0n) is 17.2. The first-order valence-electron chi connectivity index (χ1n) is 9.90. The Morgan fingerprint density at radius 3 is 2.48 bits per heavy atom. The van der Waals surface area contributed by atoms with Crippen molar-refractivity contribution in [2.24, 2.45) is 11.1 Å². The Bertz CT molecular complexity index is 812. The molecule has 1 aromatic rings. The predicted octanol–water partition coefficient (Wildman–Crippen LogP) is 6.00. The summed E-state index contributed by atoms with van der Waals surface area (Å²) in [4.78, 5) is 18.3. The number of ether oxygens (including phenoxy) is 1. The first-order chi connectivity index (χ1) is 14.7. The number of alkyl halides is 4. The zero-order chi connectivity index (χ0) is 23.0. The van der Waals surface area contributed by atoms with Gasteiger partial charge in [-0.15, -0.1) is 11.8 Å².